The number of carbonyl (C=O) groups is 1. The fourth-order valence-corrected chi connectivity index (χ4v) is 3.96. The zero-order chi connectivity index (χ0) is 15.9. The summed E-state index contributed by atoms with van der Waals surface area (Å²) in [6.07, 6.45) is 6.36. The van der Waals surface area contributed by atoms with E-state index in [4.69, 9.17) is 0 Å². The van der Waals surface area contributed by atoms with Crippen LogP contribution in [0.1, 0.15) is 52.9 Å². The van der Waals surface area contributed by atoms with Crippen LogP contribution in [0.2, 0.25) is 0 Å². The number of likely N-dealkylation sites (N-methyl/N-ethyl adjacent to an activating group) is 1. The molecule has 1 saturated carbocycles. The van der Waals surface area contributed by atoms with Crippen molar-refractivity contribution >= 4 is 5.91 Å². The van der Waals surface area contributed by atoms with Crippen LogP contribution in [0.3, 0.4) is 0 Å². The van der Waals surface area contributed by atoms with Crippen molar-refractivity contribution in [2.24, 2.45) is 5.92 Å². The van der Waals surface area contributed by atoms with Crippen LogP contribution in [0, 0.1) is 5.92 Å². The summed E-state index contributed by atoms with van der Waals surface area (Å²) in [6.45, 7) is 13.7. The van der Waals surface area contributed by atoms with Crippen LogP contribution in [-0.2, 0) is 4.79 Å². The van der Waals surface area contributed by atoms with Gasteiger partial charge in [-0.15, -0.1) is 0 Å². The van der Waals surface area contributed by atoms with Crippen molar-refractivity contribution in [2.45, 2.75) is 58.9 Å². The van der Waals surface area contributed by atoms with Gasteiger partial charge in [0.2, 0.25) is 5.91 Å². The van der Waals surface area contributed by atoms with Gasteiger partial charge in [0.1, 0.15) is 0 Å². The molecule has 0 N–H and O–H groups in total. The SMILES string of the molecule is CCN(C(=O)CN1CCN(CC(C)C)CC1)C1CCCCC1. The average Bonchev–Trinajstić information content (AvgIpc) is 2.50. The molecule has 0 aromatic heterocycles. The van der Waals surface area contributed by atoms with E-state index < -0.39 is 0 Å². The predicted octanol–water partition coefficient (Wildman–Crippen LogP) is 2.44. The van der Waals surface area contributed by atoms with Gasteiger partial charge in [-0.3, -0.25) is 9.69 Å². The maximum absolute atomic E-state index is 12.7. The Hall–Kier alpha value is -0.610. The molecule has 0 aromatic rings. The highest BCUT2D eigenvalue weighted by Gasteiger charge is 2.26. The topological polar surface area (TPSA) is 26.8 Å². The van der Waals surface area contributed by atoms with Crippen molar-refractivity contribution in [2.75, 3.05) is 45.8 Å². The van der Waals surface area contributed by atoms with Crippen molar-refractivity contribution in [3.63, 3.8) is 0 Å². The Kier molecular flexibility index (Phi) is 7.16. The summed E-state index contributed by atoms with van der Waals surface area (Å²) in [4.78, 5) is 19.7. The fourth-order valence-electron chi connectivity index (χ4n) is 3.96. The lowest BCUT2D eigenvalue weighted by atomic mass is 9.94. The third-order valence-corrected chi connectivity index (χ3v) is 5.12. The lowest BCUT2D eigenvalue weighted by molar-refractivity contribution is -0.135. The van der Waals surface area contributed by atoms with Crippen molar-refractivity contribution in [1.82, 2.24) is 14.7 Å². The number of piperazine rings is 1. The van der Waals surface area contributed by atoms with Gasteiger partial charge in [0.15, 0.2) is 0 Å². The van der Waals surface area contributed by atoms with E-state index in [1.54, 1.807) is 0 Å². The highest BCUT2D eigenvalue weighted by Crippen LogP contribution is 2.22. The number of amides is 1. The van der Waals surface area contributed by atoms with Crippen molar-refractivity contribution in [1.29, 1.82) is 0 Å². The van der Waals surface area contributed by atoms with Gasteiger partial charge < -0.3 is 9.80 Å². The minimum absolute atomic E-state index is 0.353. The number of carbonyl (C=O) groups excluding carboxylic acids is 1. The Balaban J connectivity index is 1.76. The summed E-state index contributed by atoms with van der Waals surface area (Å²) in [5, 5.41) is 0. The summed E-state index contributed by atoms with van der Waals surface area (Å²) in [7, 11) is 0. The van der Waals surface area contributed by atoms with E-state index in [0.717, 1.165) is 38.6 Å². The van der Waals surface area contributed by atoms with E-state index in [1.165, 1.54) is 38.6 Å². The van der Waals surface area contributed by atoms with E-state index in [-0.39, 0.29) is 0 Å². The zero-order valence-electron chi connectivity index (χ0n) is 14.9. The number of nitrogens with zero attached hydrogens (tertiary/aromatic N) is 3. The molecule has 2 rings (SSSR count). The van der Waals surface area contributed by atoms with Crippen LogP contribution in [0.25, 0.3) is 0 Å². The molecule has 0 bridgehead atoms. The Morgan fingerprint density at radius 2 is 1.64 bits per heavy atom. The Morgan fingerprint density at radius 3 is 2.18 bits per heavy atom. The van der Waals surface area contributed by atoms with Gasteiger partial charge >= 0.3 is 0 Å². The van der Waals surface area contributed by atoms with Gasteiger partial charge in [-0.25, -0.2) is 0 Å². The fraction of sp³-hybridized carbons (Fsp3) is 0.944. The van der Waals surface area contributed by atoms with Gasteiger partial charge in [-0.1, -0.05) is 33.1 Å². The first-order chi connectivity index (χ1) is 10.6. The van der Waals surface area contributed by atoms with Crippen LogP contribution < -0.4 is 0 Å². The molecule has 0 radical (unpaired) electrons. The average molecular weight is 309 g/mol. The van der Waals surface area contributed by atoms with Gasteiger partial charge in [-0.05, 0) is 25.7 Å². The maximum atomic E-state index is 12.7. The third-order valence-electron chi connectivity index (χ3n) is 5.12. The quantitative estimate of drug-likeness (QED) is 0.754. The van der Waals surface area contributed by atoms with Crippen LogP contribution >= 0.6 is 0 Å². The number of rotatable bonds is 6. The molecule has 128 valence electrons. The molecule has 0 unspecified atom stereocenters. The Labute approximate surface area is 136 Å². The molecule has 0 aromatic carbocycles. The van der Waals surface area contributed by atoms with Crippen LogP contribution in [0.4, 0.5) is 0 Å². The van der Waals surface area contributed by atoms with Crippen molar-refractivity contribution in [3.05, 3.63) is 0 Å². The van der Waals surface area contributed by atoms with E-state index in [1.807, 2.05) is 0 Å². The van der Waals surface area contributed by atoms with Crippen LogP contribution in [0.15, 0.2) is 0 Å². The molecule has 0 spiro atoms. The number of hydrogen-bond donors (Lipinski definition) is 0. The molecule has 0 atom stereocenters. The van der Waals surface area contributed by atoms with Gasteiger partial charge in [0.25, 0.3) is 0 Å². The summed E-state index contributed by atoms with van der Waals surface area (Å²) < 4.78 is 0. The molecule has 1 aliphatic heterocycles. The van der Waals surface area contributed by atoms with Gasteiger partial charge in [-0.2, -0.15) is 0 Å². The van der Waals surface area contributed by atoms with Gasteiger partial charge in [0, 0.05) is 45.3 Å². The molecule has 1 saturated heterocycles. The summed E-state index contributed by atoms with van der Waals surface area (Å²) in [5.41, 5.74) is 0. The summed E-state index contributed by atoms with van der Waals surface area (Å²) >= 11 is 0. The van der Waals surface area contributed by atoms with E-state index in [9.17, 15) is 4.79 Å². The molecule has 2 fully saturated rings. The largest absolute Gasteiger partial charge is 0.339 e. The minimum Gasteiger partial charge on any atom is -0.339 e. The molecule has 1 aliphatic carbocycles. The monoisotopic (exact) mass is 309 g/mol. The summed E-state index contributed by atoms with van der Waals surface area (Å²) in [6, 6.07) is 0.508. The van der Waals surface area contributed by atoms with Crippen molar-refractivity contribution in [3.8, 4) is 0 Å². The normalized spacial score (nSPS) is 22.2. The smallest absolute Gasteiger partial charge is 0.236 e. The lowest BCUT2D eigenvalue weighted by Gasteiger charge is -2.38. The first-order valence-corrected chi connectivity index (χ1v) is 9.34. The first-order valence-electron chi connectivity index (χ1n) is 9.34. The molecule has 1 amide bonds. The third kappa shape index (κ3) is 5.24. The zero-order valence-corrected chi connectivity index (χ0v) is 14.9. The number of hydrogen-bond acceptors (Lipinski definition) is 3. The molecule has 4 nitrogen and oxygen atoms in total. The Morgan fingerprint density at radius 1 is 1.05 bits per heavy atom. The van der Waals surface area contributed by atoms with E-state index >= 15 is 0 Å². The minimum atomic E-state index is 0.353. The van der Waals surface area contributed by atoms with E-state index in [0.29, 0.717) is 18.5 Å². The van der Waals surface area contributed by atoms with Crippen LogP contribution in [-0.4, -0.2) is 72.5 Å². The highest BCUT2D eigenvalue weighted by atomic mass is 16.2. The van der Waals surface area contributed by atoms with E-state index in [2.05, 4.69) is 35.5 Å². The Bertz CT molecular complexity index is 331. The standard InChI is InChI=1S/C18H35N3O/c1-4-21(17-8-6-5-7-9-17)18(22)15-20-12-10-19(11-13-20)14-16(2)3/h16-17H,4-15H2,1-3H3. The lowest BCUT2D eigenvalue weighted by Crippen LogP contribution is -2.52. The molecule has 1 heterocycles. The molecular formula is C18H35N3O. The highest BCUT2D eigenvalue weighted by molar-refractivity contribution is 5.78. The van der Waals surface area contributed by atoms with Crippen LogP contribution in [0.5, 0.6) is 0 Å². The predicted molar refractivity (Wildman–Crippen MR) is 92.0 cm³/mol. The second-order valence-corrected chi connectivity index (χ2v) is 7.44. The molecular weight excluding hydrogens is 274 g/mol. The molecule has 22 heavy (non-hydrogen) atoms. The summed E-state index contributed by atoms with van der Waals surface area (Å²) in [5.74, 6) is 1.08. The maximum Gasteiger partial charge on any atom is 0.236 e. The van der Waals surface area contributed by atoms with Crippen molar-refractivity contribution < 1.29 is 4.79 Å². The second-order valence-electron chi connectivity index (χ2n) is 7.44. The second kappa shape index (κ2) is 8.88. The molecule has 4 heteroatoms. The first kappa shape index (κ1) is 17.7. The molecule has 2 aliphatic rings. The van der Waals surface area contributed by atoms with Gasteiger partial charge in [0.05, 0.1) is 6.54 Å².